The van der Waals surface area contributed by atoms with Gasteiger partial charge in [0.1, 0.15) is 0 Å². The molecule has 0 saturated carbocycles. The molecule has 0 aliphatic rings. The van der Waals surface area contributed by atoms with Crippen molar-refractivity contribution in [3.05, 3.63) is 35.9 Å². The Morgan fingerprint density at radius 1 is 1.06 bits per heavy atom. The SMILES string of the molecule is CCC[CH2][Sn][CH2]CCC.NN=Cc1ccccc1. The Morgan fingerprint density at radius 2 is 1.61 bits per heavy atom. The molecule has 0 atom stereocenters. The average Bonchev–Trinajstić information content (AvgIpc) is 2.41. The van der Waals surface area contributed by atoms with Crippen LogP contribution in [0.25, 0.3) is 0 Å². The zero-order valence-electron chi connectivity index (χ0n) is 11.7. The Morgan fingerprint density at radius 3 is 2.06 bits per heavy atom. The van der Waals surface area contributed by atoms with Crippen LogP contribution in [0.3, 0.4) is 0 Å². The minimum atomic E-state index is 0.149. The third kappa shape index (κ3) is 12.0. The number of nitrogens with zero attached hydrogens (tertiary/aromatic N) is 1. The molecule has 0 bridgehead atoms. The van der Waals surface area contributed by atoms with E-state index in [2.05, 4.69) is 18.9 Å². The molecule has 1 aromatic carbocycles. The largest absolute Gasteiger partial charge is 0.323 e. The predicted molar refractivity (Wildman–Crippen MR) is 83.4 cm³/mol. The zero-order valence-corrected chi connectivity index (χ0v) is 14.6. The van der Waals surface area contributed by atoms with E-state index in [4.69, 9.17) is 5.84 Å². The van der Waals surface area contributed by atoms with Crippen LogP contribution < -0.4 is 5.84 Å². The molecule has 0 aliphatic heterocycles. The first-order chi connectivity index (χ1) is 8.85. The summed E-state index contributed by atoms with van der Waals surface area (Å²) >= 11 is 0.149. The second kappa shape index (κ2) is 14.5. The van der Waals surface area contributed by atoms with Gasteiger partial charge in [0.05, 0.1) is 6.21 Å². The van der Waals surface area contributed by atoms with E-state index in [1.54, 1.807) is 15.1 Å². The van der Waals surface area contributed by atoms with Crippen LogP contribution in [-0.4, -0.2) is 27.4 Å². The maximum absolute atomic E-state index is 4.93. The first-order valence-electron chi connectivity index (χ1n) is 6.84. The van der Waals surface area contributed by atoms with E-state index >= 15 is 0 Å². The molecule has 1 rings (SSSR count). The Bertz CT molecular complexity index is 280. The molecule has 0 spiro atoms. The maximum atomic E-state index is 4.93. The third-order valence-electron chi connectivity index (χ3n) is 2.44. The summed E-state index contributed by atoms with van der Waals surface area (Å²) in [6.45, 7) is 4.58. The van der Waals surface area contributed by atoms with Gasteiger partial charge >= 0.3 is 69.5 Å². The predicted octanol–water partition coefficient (Wildman–Crippen LogP) is 4.11. The van der Waals surface area contributed by atoms with Crippen LogP contribution in [0.15, 0.2) is 35.4 Å². The fraction of sp³-hybridized carbons (Fsp3) is 0.533. The minimum Gasteiger partial charge on any atom is -0.323 e. The first kappa shape index (κ1) is 17.5. The molecule has 2 nitrogen and oxygen atoms in total. The van der Waals surface area contributed by atoms with Gasteiger partial charge in [-0.25, -0.2) is 0 Å². The number of hydrazone groups is 1. The fourth-order valence-corrected chi connectivity index (χ4v) is 5.51. The molecular formula is C15H26N2Sn. The summed E-state index contributed by atoms with van der Waals surface area (Å²) in [7, 11) is 0. The van der Waals surface area contributed by atoms with Crippen molar-refractivity contribution in [1.29, 1.82) is 0 Å². The van der Waals surface area contributed by atoms with Crippen molar-refractivity contribution in [3.8, 4) is 0 Å². The van der Waals surface area contributed by atoms with Gasteiger partial charge in [-0.3, -0.25) is 0 Å². The molecule has 0 saturated heterocycles. The number of unbranched alkanes of at least 4 members (excludes halogenated alkanes) is 2. The smallest absolute Gasteiger partial charge is 0.0538 e. The fourth-order valence-electron chi connectivity index (χ4n) is 1.35. The quantitative estimate of drug-likeness (QED) is 0.259. The Kier molecular flexibility index (Phi) is 14.1. The minimum absolute atomic E-state index is 0.149. The molecule has 2 radical (unpaired) electrons. The summed E-state index contributed by atoms with van der Waals surface area (Å²) in [4.78, 5) is 0. The molecule has 100 valence electrons. The maximum Gasteiger partial charge on any atom is 0.0538 e. The first-order valence-corrected chi connectivity index (χ1v) is 10.9. The Hall–Kier alpha value is -0.511. The number of hydrogen-bond donors (Lipinski definition) is 1. The van der Waals surface area contributed by atoms with Gasteiger partial charge in [0.25, 0.3) is 0 Å². The molecule has 0 amide bonds. The van der Waals surface area contributed by atoms with Crippen LogP contribution in [0.2, 0.25) is 8.87 Å². The zero-order chi connectivity index (χ0) is 13.5. The molecule has 0 fully saturated rings. The van der Waals surface area contributed by atoms with Crippen LogP contribution in [0, 0.1) is 0 Å². The van der Waals surface area contributed by atoms with Crippen molar-refractivity contribution in [3.63, 3.8) is 0 Å². The second-order valence-corrected chi connectivity index (χ2v) is 8.43. The number of benzene rings is 1. The van der Waals surface area contributed by atoms with E-state index < -0.39 is 0 Å². The Balaban J connectivity index is 0.000000321. The van der Waals surface area contributed by atoms with E-state index in [1.807, 2.05) is 30.3 Å². The molecule has 3 heteroatoms. The molecule has 0 aliphatic carbocycles. The molecular weight excluding hydrogens is 327 g/mol. The molecule has 18 heavy (non-hydrogen) atoms. The van der Waals surface area contributed by atoms with Crippen molar-refractivity contribution in [2.75, 3.05) is 0 Å². The van der Waals surface area contributed by atoms with Crippen LogP contribution in [-0.2, 0) is 0 Å². The molecule has 0 aromatic heterocycles. The van der Waals surface area contributed by atoms with Gasteiger partial charge in [0, 0.05) is 0 Å². The van der Waals surface area contributed by atoms with Gasteiger partial charge in [-0.1, -0.05) is 30.3 Å². The van der Waals surface area contributed by atoms with E-state index in [1.165, 1.54) is 25.7 Å². The second-order valence-electron chi connectivity index (χ2n) is 4.15. The van der Waals surface area contributed by atoms with E-state index in [9.17, 15) is 0 Å². The van der Waals surface area contributed by atoms with Gasteiger partial charge in [-0.2, -0.15) is 5.10 Å². The van der Waals surface area contributed by atoms with Crippen LogP contribution in [0.5, 0.6) is 0 Å². The van der Waals surface area contributed by atoms with E-state index in [0.29, 0.717) is 0 Å². The molecule has 0 unspecified atom stereocenters. The third-order valence-corrected chi connectivity index (χ3v) is 6.47. The van der Waals surface area contributed by atoms with Crippen molar-refractivity contribution in [1.82, 2.24) is 0 Å². The van der Waals surface area contributed by atoms with Crippen molar-refractivity contribution < 1.29 is 0 Å². The topological polar surface area (TPSA) is 38.4 Å². The van der Waals surface area contributed by atoms with E-state index in [0.717, 1.165) is 5.56 Å². The van der Waals surface area contributed by atoms with Crippen molar-refractivity contribution >= 4 is 27.4 Å². The van der Waals surface area contributed by atoms with Crippen molar-refractivity contribution in [2.45, 2.75) is 48.4 Å². The normalized spacial score (nSPS) is 10.1. The summed E-state index contributed by atoms with van der Waals surface area (Å²) in [6.07, 6.45) is 7.45. The summed E-state index contributed by atoms with van der Waals surface area (Å²) in [5, 5.41) is 3.38. The summed E-state index contributed by atoms with van der Waals surface area (Å²) < 4.78 is 3.25. The van der Waals surface area contributed by atoms with Crippen LogP contribution >= 0.6 is 0 Å². The average molecular weight is 353 g/mol. The van der Waals surface area contributed by atoms with Crippen molar-refractivity contribution in [2.24, 2.45) is 10.9 Å². The molecule has 0 heterocycles. The van der Waals surface area contributed by atoms with Gasteiger partial charge in [0.15, 0.2) is 0 Å². The van der Waals surface area contributed by atoms with E-state index in [-0.39, 0.29) is 21.1 Å². The van der Waals surface area contributed by atoms with Gasteiger partial charge in [0.2, 0.25) is 0 Å². The van der Waals surface area contributed by atoms with Gasteiger partial charge in [-0.15, -0.1) is 0 Å². The number of rotatable bonds is 7. The Labute approximate surface area is 122 Å². The van der Waals surface area contributed by atoms with Gasteiger partial charge in [-0.05, 0) is 5.56 Å². The number of hydrogen-bond acceptors (Lipinski definition) is 2. The summed E-state index contributed by atoms with van der Waals surface area (Å²) in [5.74, 6) is 4.93. The molecule has 2 N–H and O–H groups in total. The standard InChI is InChI=1S/C7H8N2.2C4H9.Sn/c8-9-6-7-4-2-1-3-5-7;2*1-3-4-2;/h1-6H,8H2;2*1,3-4H2,2H3;. The van der Waals surface area contributed by atoms with Gasteiger partial charge < -0.3 is 5.84 Å². The summed E-state index contributed by atoms with van der Waals surface area (Å²) in [5.41, 5.74) is 1.03. The number of nitrogens with two attached hydrogens (primary N) is 1. The monoisotopic (exact) mass is 354 g/mol. The van der Waals surface area contributed by atoms with Crippen LogP contribution in [0.1, 0.15) is 45.1 Å². The summed E-state index contributed by atoms with van der Waals surface area (Å²) in [6, 6.07) is 9.72. The van der Waals surface area contributed by atoms with Crippen LogP contribution in [0.4, 0.5) is 0 Å². The molecule has 1 aromatic rings.